The molecule has 2 unspecified atom stereocenters. The third kappa shape index (κ3) is 2.33. The highest BCUT2D eigenvalue weighted by Crippen LogP contribution is 2.27. The highest BCUT2D eigenvalue weighted by Gasteiger charge is 2.30. The van der Waals surface area contributed by atoms with E-state index in [0.717, 1.165) is 26.1 Å². The van der Waals surface area contributed by atoms with E-state index in [1.165, 1.54) is 6.42 Å². The average molecular weight is 263 g/mol. The molecule has 2 atom stereocenters. The number of carbonyl (C=O) groups is 1. The molecule has 5 heteroatoms. The van der Waals surface area contributed by atoms with Crippen LogP contribution in [0.5, 0.6) is 5.88 Å². The molecule has 1 amide bonds. The highest BCUT2D eigenvalue weighted by atomic mass is 16.5. The molecule has 5 nitrogen and oxygen atoms in total. The van der Waals surface area contributed by atoms with E-state index >= 15 is 0 Å². The molecule has 104 valence electrons. The maximum absolute atomic E-state index is 12.6. The molecule has 3 rings (SSSR count). The fraction of sp³-hybridized carbons (Fsp3) is 0.714. The fourth-order valence-corrected chi connectivity index (χ4v) is 3.21. The summed E-state index contributed by atoms with van der Waals surface area (Å²) < 4.78 is 7.41. The molecule has 1 aromatic rings. The summed E-state index contributed by atoms with van der Waals surface area (Å²) in [6.45, 7) is 7.62. The Labute approximate surface area is 113 Å². The van der Waals surface area contributed by atoms with Crippen LogP contribution in [0.4, 0.5) is 0 Å². The lowest BCUT2D eigenvalue weighted by Gasteiger charge is -2.35. The van der Waals surface area contributed by atoms with E-state index in [2.05, 4.69) is 18.9 Å². The number of hydrogen-bond donors (Lipinski definition) is 0. The second kappa shape index (κ2) is 4.87. The molecule has 1 saturated heterocycles. The molecule has 0 N–H and O–H groups in total. The highest BCUT2D eigenvalue weighted by molar-refractivity contribution is 5.96. The van der Waals surface area contributed by atoms with Crippen molar-refractivity contribution in [1.82, 2.24) is 14.7 Å². The Hall–Kier alpha value is -1.52. The van der Waals surface area contributed by atoms with Gasteiger partial charge in [0.15, 0.2) is 0 Å². The van der Waals surface area contributed by atoms with Gasteiger partial charge in [-0.15, -0.1) is 0 Å². The summed E-state index contributed by atoms with van der Waals surface area (Å²) >= 11 is 0. The normalized spacial score (nSPS) is 26.7. The van der Waals surface area contributed by atoms with Gasteiger partial charge in [0.25, 0.3) is 5.91 Å². The summed E-state index contributed by atoms with van der Waals surface area (Å²) in [7, 11) is 0. The van der Waals surface area contributed by atoms with Gasteiger partial charge in [0, 0.05) is 26.1 Å². The van der Waals surface area contributed by atoms with E-state index in [1.807, 2.05) is 4.90 Å². The van der Waals surface area contributed by atoms with E-state index in [1.54, 1.807) is 10.9 Å². The van der Waals surface area contributed by atoms with Crippen molar-refractivity contribution in [2.45, 2.75) is 33.2 Å². The van der Waals surface area contributed by atoms with Gasteiger partial charge in [-0.3, -0.25) is 4.79 Å². The quantitative estimate of drug-likeness (QED) is 0.776. The summed E-state index contributed by atoms with van der Waals surface area (Å²) in [5, 5.41) is 4.25. The minimum Gasteiger partial charge on any atom is -0.477 e. The Balaban J connectivity index is 1.82. The van der Waals surface area contributed by atoms with E-state index in [0.29, 0.717) is 29.9 Å². The van der Waals surface area contributed by atoms with Crippen molar-refractivity contribution in [1.29, 1.82) is 0 Å². The number of carbonyl (C=O) groups excluding carboxylic acids is 1. The van der Waals surface area contributed by atoms with Crippen LogP contribution in [-0.4, -0.2) is 40.3 Å². The fourth-order valence-electron chi connectivity index (χ4n) is 3.21. The minimum atomic E-state index is 0.0709. The summed E-state index contributed by atoms with van der Waals surface area (Å²) in [6.07, 6.45) is 3.82. The second-order valence-corrected chi connectivity index (χ2v) is 5.94. The number of rotatable bonds is 1. The molecule has 0 bridgehead atoms. The Morgan fingerprint density at radius 1 is 1.37 bits per heavy atom. The first-order valence-corrected chi connectivity index (χ1v) is 7.13. The van der Waals surface area contributed by atoms with Crippen LogP contribution < -0.4 is 4.74 Å². The summed E-state index contributed by atoms with van der Waals surface area (Å²) in [4.78, 5) is 14.6. The molecular weight excluding hydrogens is 242 g/mol. The third-order valence-corrected chi connectivity index (χ3v) is 3.93. The van der Waals surface area contributed by atoms with Crippen molar-refractivity contribution in [2.75, 3.05) is 19.7 Å². The molecule has 0 saturated carbocycles. The van der Waals surface area contributed by atoms with Gasteiger partial charge in [-0.25, -0.2) is 4.68 Å². The van der Waals surface area contributed by atoms with E-state index < -0.39 is 0 Å². The van der Waals surface area contributed by atoms with Crippen LogP contribution in [0.1, 0.15) is 37.0 Å². The third-order valence-electron chi connectivity index (χ3n) is 3.93. The van der Waals surface area contributed by atoms with Crippen molar-refractivity contribution in [3.05, 3.63) is 11.8 Å². The van der Waals surface area contributed by atoms with Crippen molar-refractivity contribution in [3.8, 4) is 5.88 Å². The van der Waals surface area contributed by atoms with Gasteiger partial charge in [0.05, 0.1) is 12.8 Å². The molecule has 2 aliphatic heterocycles. The minimum absolute atomic E-state index is 0.0709. The molecule has 0 spiro atoms. The van der Waals surface area contributed by atoms with Crippen molar-refractivity contribution >= 4 is 5.91 Å². The number of aromatic nitrogens is 2. The van der Waals surface area contributed by atoms with E-state index in [-0.39, 0.29) is 5.91 Å². The van der Waals surface area contributed by atoms with Gasteiger partial charge in [0.2, 0.25) is 5.88 Å². The number of amides is 1. The van der Waals surface area contributed by atoms with Gasteiger partial charge in [-0.1, -0.05) is 13.8 Å². The van der Waals surface area contributed by atoms with Crippen LogP contribution in [0.2, 0.25) is 0 Å². The zero-order valence-electron chi connectivity index (χ0n) is 11.6. The Morgan fingerprint density at radius 3 is 2.84 bits per heavy atom. The molecule has 0 radical (unpaired) electrons. The van der Waals surface area contributed by atoms with Gasteiger partial charge in [-0.05, 0) is 18.3 Å². The van der Waals surface area contributed by atoms with Crippen LogP contribution in [0.15, 0.2) is 6.20 Å². The average Bonchev–Trinajstić information content (AvgIpc) is 2.80. The van der Waals surface area contributed by atoms with Gasteiger partial charge >= 0.3 is 0 Å². The lowest BCUT2D eigenvalue weighted by Crippen LogP contribution is -2.42. The Bertz CT molecular complexity index is 473. The number of likely N-dealkylation sites (tertiary alicyclic amines) is 1. The molecule has 1 fully saturated rings. The summed E-state index contributed by atoms with van der Waals surface area (Å²) in [6, 6.07) is 0. The number of piperidine rings is 1. The first-order chi connectivity index (χ1) is 9.15. The lowest BCUT2D eigenvalue weighted by atomic mass is 9.91. The predicted octanol–water partition coefficient (Wildman–Crippen LogP) is 1.78. The van der Waals surface area contributed by atoms with Crippen molar-refractivity contribution < 1.29 is 9.53 Å². The molecule has 0 aromatic carbocycles. The van der Waals surface area contributed by atoms with E-state index in [4.69, 9.17) is 4.74 Å². The maximum Gasteiger partial charge on any atom is 0.261 e. The van der Waals surface area contributed by atoms with Crippen LogP contribution in [0.3, 0.4) is 0 Å². The number of nitrogens with zero attached hydrogens (tertiary/aromatic N) is 3. The zero-order valence-corrected chi connectivity index (χ0v) is 11.6. The maximum atomic E-state index is 12.6. The first-order valence-electron chi connectivity index (χ1n) is 7.13. The van der Waals surface area contributed by atoms with E-state index in [9.17, 15) is 4.79 Å². The Morgan fingerprint density at radius 2 is 2.11 bits per heavy atom. The number of aryl methyl sites for hydroxylation is 1. The smallest absolute Gasteiger partial charge is 0.261 e. The van der Waals surface area contributed by atoms with Crippen LogP contribution >= 0.6 is 0 Å². The standard InChI is InChI=1S/C14H21N3O2/c1-10-6-11(2)9-16(8-10)13(18)12-7-15-17-4-3-5-19-14(12)17/h7,10-11H,3-6,8-9H2,1-2H3. The number of hydrogen-bond acceptors (Lipinski definition) is 3. The van der Waals surface area contributed by atoms with Gasteiger partial charge < -0.3 is 9.64 Å². The number of ether oxygens (including phenoxy) is 1. The summed E-state index contributed by atoms with van der Waals surface area (Å²) in [5.74, 6) is 1.86. The molecule has 1 aromatic heterocycles. The van der Waals surface area contributed by atoms with Gasteiger partial charge in [-0.2, -0.15) is 5.10 Å². The monoisotopic (exact) mass is 263 g/mol. The summed E-state index contributed by atoms with van der Waals surface area (Å²) in [5.41, 5.74) is 0.626. The number of fused-ring (bicyclic) bond motifs is 1. The first kappa shape index (κ1) is 12.5. The van der Waals surface area contributed by atoms with Gasteiger partial charge in [0.1, 0.15) is 5.56 Å². The topological polar surface area (TPSA) is 47.4 Å². The molecule has 2 aliphatic rings. The van der Waals surface area contributed by atoms with Crippen molar-refractivity contribution in [3.63, 3.8) is 0 Å². The molecule has 19 heavy (non-hydrogen) atoms. The predicted molar refractivity (Wildman–Crippen MR) is 71.2 cm³/mol. The SMILES string of the molecule is CC1CC(C)CN(C(=O)c2cnn3c2OCCC3)C1. The largest absolute Gasteiger partial charge is 0.477 e. The Kier molecular flexibility index (Phi) is 3.21. The zero-order chi connectivity index (χ0) is 13.4. The van der Waals surface area contributed by atoms with Crippen molar-refractivity contribution in [2.24, 2.45) is 11.8 Å². The molecule has 0 aliphatic carbocycles. The van der Waals surface area contributed by atoms with Crippen LogP contribution in [0, 0.1) is 11.8 Å². The lowest BCUT2D eigenvalue weighted by molar-refractivity contribution is 0.0616. The van der Waals surface area contributed by atoms with Crippen LogP contribution in [0.25, 0.3) is 0 Å². The molecular formula is C14H21N3O2. The molecule has 3 heterocycles. The second-order valence-electron chi connectivity index (χ2n) is 5.94. The van der Waals surface area contributed by atoms with Crippen LogP contribution in [-0.2, 0) is 6.54 Å².